The number of aromatic hydroxyl groups is 1. The molecule has 0 radical (unpaired) electrons. The van der Waals surface area contributed by atoms with Crippen LogP contribution in [0, 0.1) is 5.92 Å². The molecule has 20 nitrogen and oxygen atoms in total. The van der Waals surface area contributed by atoms with E-state index < -0.39 is 84.3 Å². The molecule has 2 aromatic rings. The molecule has 6 aliphatic rings. The molecule has 20 heteroatoms. The number of phenolic OH excluding ortho intramolecular Hbond substituents is 1. The van der Waals surface area contributed by atoms with Gasteiger partial charge in [-0.1, -0.05) is 12.2 Å². The summed E-state index contributed by atoms with van der Waals surface area (Å²) in [4.78, 5) is 59.7. The number of nitrogens with one attached hydrogen (secondary N) is 3. The Bertz CT molecular complexity index is 2490. The lowest BCUT2D eigenvalue weighted by molar-refractivity contribution is -0.316. The zero-order valence-electron chi connectivity index (χ0n) is 35.6. The number of nitrogens with zero attached hydrogens (tertiary/aromatic N) is 2. The van der Waals surface area contributed by atoms with Crippen LogP contribution in [0.25, 0.3) is 0 Å². The van der Waals surface area contributed by atoms with E-state index in [0.717, 1.165) is 22.6 Å². The van der Waals surface area contributed by atoms with E-state index in [-0.39, 0.29) is 70.7 Å². The molecule has 8 rings (SSSR count). The third-order valence-corrected chi connectivity index (χ3v) is 12.9. The first kappa shape index (κ1) is 45.0. The van der Waals surface area contributed by atoms with Gasteiger partial charge in [0.1, 0.15) is 41.2 Å². The number of aliphatic hydroxyl groups excluding tert-OH is 3. The van der Waals surface area contributed by atoms with Gasteiger partial charge in [0.15, 0.2) is 11.7 Å². The zero-order valence-corrected chi connectivity index (χ0v) is 35.6. The maximum absolute atomic E-state index is 14.8. The monoisotopic (exact) mass is 896 g/mol. The summed E-state index contributed by atoms with van der Waals surface area (Å²) in [6, 6.07) is 3.64. The molecule has 2 amide bonds. The Hall–Kier alpha value is -6.55. The van der Waals surface area contributed by atoms with Crippen molar-refractivity contribution in [3.63, 3.8) is 0 Å². The van der Waals surface area contributed by atoms with Crippen LogP contribution in [0.5, 0.6) is 17.2 Å². The zero-order chi connectivity index (χ0) is 46.5. The van der Waals surface area contributed by atoms with Gasteiger partial charge in [-0.3, -0.25) is 29.1 Å². The molecule has 344 valence electrons. The number of imide groups is 1. The standard InChI is InChI=1S/C45H52N8O12/c1-49-44(48)52-28-5-4-22(11-20-3-6-31(46)51-17-20)25-15-27-37(39(58)35(25)28)40(59)36-26(38(27)57)13-24(63-2)14-29(36)64-43-41(60)42(61)45(62,30(19-54)65-43)16-23(21-9-10-50-32(47)12-21)18-53-33(55)7-8-34(53)56/h3,6-9,12-15,17,22-23,28,30-31,41-43,50-51,54,58,60-62H,4-5,10-11,16,18-19,46-47H2,1-2H3,(H3,48,49,52)/t22-,23-,28+,30-,31?,41-,42-,43-,45-/m1/s1. The van der Waals surface area contributed by atoms with Gasteiger partial charge in [-0.15, -0.1) is 0 Å². The van der Waals surface area contributed by atoms with Gasteiger partial charge in [0, 0.05) is 67.2 Å². The molecule has 0 bridgehead atoms. The van der Waals surface area contributed by atoms with Crippen LogP contribution in [0.4, 0.5) is 0 Å². The van der Waals surface area contributed by atoms with E-state index in [1.54, 1.807) is 18.2 Å². The van der Waals surface area contributed by atoms with Crippen LogP contribution in [-0.4, -0.2) is 130 Å². The van der Waals surface area contributed by atoms with E-state index in [2.05, 4.69) is 20.9 Å². The Morgan fingerprint density at radius 2 is 1.82 bits per heavy atom. The van der Waals surface area contributed by atoms with Gasteiger partial charge in [0.05, 0.1) is 42.9 Å². The van der Waals surface area contributed by atoms with E-state index in [1.165, 1.54) is 26.3 Å². The van der Waals surface area contributed by atoms with Crippen molar-refractivity contribution < 1.29 is 58.9 Å². The lowest BCUT2D eigenvalue weighted by Crippen LogP contribution is -2.68. The molecule has 1 fully saturated rings. The number of hydrogen-bond donors (Lipinski definition) is 11. The molecule has 0 aromatic heterocycles. The molecule has 1 unspecified atom stereocenters. The maximum Gasteiger partial charge on any atom is 0.253 e. The number of amides is 2. The highest BCUT2D eigenvalue weighted by molar-refractivity contribution is 6.30. The molecule has 0 spiro atoms. The molecular formula is C45H52N8O12. The number of carbonyl (C=O) groups excluding carboxylic acids is 4. The summed E-state index contributed by atoms with van der Waals surface area (Å²) in [6.45, 7) is -0.906. The van der Waals surface area contributed by atoms with Crippen molar-refractivity contribution in [3.05, 3.63) is 111 Å². The van der Waals surface area contributed by atoms with E-state index >= 15 is 0 Å². The summed E-state index contributed by atoms with van der Waals surface area (Å²) in [5.74, 6) is -4.08. The van der Waals surface area contributed by atoms with E-state index in [9.17, 15) is 44.7 Å². The number of aliphatic hydroxyl groups is 4. The minimum Gasteiger partial charge on any atom is -0.507 e. The summed E-state index contributed by atoms with van der Waals surface area (Å²) in [5.41, 5.74) is 17.3. The number of dihydropyridines is 2. The Morgan fingerprint density at radius 3 is 2.48 bits per heavy atom. The number of methoxy groups -OCH3 is 1. The molecule has 4 heterocycles. The minimum atomic E-state index is -2.43. The number of nitrogens with two attached hydrogens (primary N) is 3. The molecule has 14 N–H and O–H groups in total. The fourth-order valence-corrected chi connectivity index (χ4v) is 9.56. The number of allylic oxidation sites excluding steroid dienone is 3. The lowest BCUT2D eigenvalue weighted by Gasteiger charge is -2.49. The number of ketones is 2. The van der Waals surface area contributed by atoms with Crippen molar-refractivity contribution in [1.29, 1.82) is 0 Å². The summed E-state index contributed by atoms with van der Waals surface area (Å²) < 4.78 is 17.6. The van der Waals surface area contributed by atoms with Crippen LogP contribution in [0.1, 0.15) is 80.6 Å². The van der Waals surface area contributed by atoms with Crippen molar-refractivity contribution in [2.45, 2.75) is 74.0 Å². The van der Waals surface area contributed by atoms with Crippen molar-refractivity contribution >= 4 is 29.3 Å². The predicted octanol–water partition coefficient (Wildman–Crippen LogP) is -0.843. The first-order valence-corrected chi connectivity index (χ1v) is 21.1. The topological polar surface area (TPSA) is 327 Å². The Labute approximate surface area is 372 Å². The highest BCUT2D eigenvalue weighted by Gasteiger charge is 2.57. The highest BCUT2D eigenvalue weighted by atomic mass is 16.7. The van der Waals surface area contributed by atoms with Gasteiger partial charge in [-0.25, -0.2) is 0 Å². The van der Waals surface area contributed by atoms with Crippen LogP contribution in [0.15, 0.2) is 82.8 Å². The number of phenols is 1. The minimum absolute atomic E-state index is 0.0630. The van der Waals surface area contributed by atoms with Crippen LogP contribution in [-0.2, 0) is 14.3 Å². The van der Waals surface area contributed by atoms with E-state index in [4.69, 9.17) is 31.4 Å². The largest absolute Gasteiger partial charge is 0.507 e. The van der Waals surface area contributed by atoms with E-state index in [1.807, 2.05) is 18.4 Å². The quantitative estimate of drug-likeness (QED) is 0.0600. The second-order valence-corrected chi connectivity index (χ2v) is 16.8. The SMILES string of the molecule is CN=C(N)N[C@H]1CC[C@H](CC2=CNC(N)C=C2)c2cc3c(c(O)c21)C(=O)c1c(O[C@@H]2O[C@H](CO)[C@](O)(C[C@H](CN4C(=O)C=CC4=O)C4=CCNC(N)=C4)[C@H](O)[C@H]2O)cc(OC)cc1C3=O. The third-order valence-electron chi connectivity index (χ3n) is 12.9. The second kappa shape index (κ2) is 17.8. The van der Waals surface area contributed by atoms with Crippen molar-refractivity contribution in [3.8, 4) is 17.2 Å². The molecule has 1 saturated heterocycles. The average Bonchev–Trinajstić information content (AvgIpc) is 3.61. The van der Waals surface area contributed by atoms with Gasteiger partial charge >= 0.3 is 0 Å². The Kier molecular flexibility index (Phi) is 12.3. The van der Waals surface area contributed by atoms with E-state index in [0.29, 0.717) is 36.0 Å². The normalized spacial score (nSPS) is 28.8. The first-order valence-electron chi connectivity index (χ1n) is 21.1. The number of hydrogen-bond acceptors (Lipinski definition) is 17. The number of carbonyl (C=O) groups is 4. The summed E-state index contributed by atoms with van der Waals surface area (Å²) >= 11 is 0. The second-order valence-electron chi connectivity index (χ2n) is 16.8. The van der Waals surface area contributed by atoms with Crippen LogP contribution >= 0.6 is 0 Å². The van der Waals surface area contributed by atoms with Gasteiger partial charge in [-0.05, 0) is 72.6 Å². The third kappa shape index (κ3) is 8.24. The van der Waals surface area contributed by atoms with Crippen LogP contribution in [0.3, 0.4) is 0 Å². The summed E-state index contributed by atoms with van der Waals surface area (Å²) in [5, 5.41) is 67.6. The summed E-state index contributed by atoms with van der Waals surface area (Å²) in [7, 11) is 2.83. The molecular weight excluding hydrogens is 845 g/mol. The molecule has 2 aliphatic carbocycles. The number of fused-ring (bicyclic) bond motifs is 3. The lowest BCUT2D eigenvalue weighted by atomic mass is 9.72. The first-order chi connectivity index (χ1) is 31.1. The van der Waals surface area contributed by atoms with Crippen LogP contribution in [0.2, 0.25) is 0 Å². The Balaban J connectivity index is 1.13. The fraction of sp³-hybridized carbons (Fsp3) is 0.400. The van der Waals surface area contributed by atoms with Crippen molar-refractivity contribution in [2.24, 2.45) is 28.1 Å². The van der Waals surface area contributed by atoms with Crippen LogP contribution < -0.4 is 42.6 Å². The van der Waals surface area contributed by atoms with Gasteiger partial charge in [0.25, 0.3) is 11.8 Å². The maximum atomic E-state index is 14.8. The van der Waals surface area contributed by atoms with Crippen molar-refractivity contribution in [2.75, 3.05) is 33.9 Å². The molecule has 9 atom stereocenters. The fourth-order valence-electron chi connectivity index (χ4n) is 9.56. The Morgan fingerprint density at radius 1 is 1.08 bits per heavy atom. The smallest absolute Gasteiger partial charge is 0.253 e. The number of ether oxygens (including phenoxy) is 3. The van der Waals surface area contributed by atoms with Gasteiger partial charge in [-0.2, -0.15) is 0 Å². The number of aliphatic imine (C=N–C) groups is 1. The number of rotatable bonds is 12. The average molecular weight is 897 g/mol. The number of guanidine groups is 1. The molecule has 2 aromatic carbocycles. The van der Waals surface area contributed by atoms with Gasteiger partial charge < -0.3 is 72.9 Å². The number of benzene rings is 2. The van der Waals surface area contributed by atoms with Gasteiger partial charge in [0.2, 0.25) is 12.1 Å². The molecule has 4 aliphatic heterocycles. The molecule has 0 saturated carbocycles. The highest BCUT2D eigenvalue weighted by Crippen LogP contribution is 2.50. The molecule has 65 heavy (non-hydrogen) atoms. The van der Waals surface area contributed by atoms with Crippen molar-refractivity contribution in [1.82, 2.24) is 20.9 Å². The summed E-state index contributed by atoms with van der Waals surface area (Å²) in [6.07, 6.45) is 4.14. The predicted molar refractivity (Wildman–Crippen MR) is 232 cm³/mol.